The quantitative estimate of drug-likeness (QED) is 0.263. The molecule has 0 atom stereocenters. The van der Waals surface area contributed by atoms with E-state index in [4.69, 9.17) is 10.00 Å². The van der Waals surface area contributed by atoms with Crippen LogP contribution >= 0.6 is 0 Å². The Morgan fingerprint density at radius 3 is 2.23 bits per heavy atom. The number of hydrogen-bond acceptors (Lipinski definition) is 2. The molecule has 0 spiro atoms. The van der Waals surface area contributed by atoms with Crippen LogP contribution in [-0.2, 0) is 10.9 Å². The molecule has 0 aromatic heterocycles. The lowest BCUT2D eigenvalue weighted by molar-refractivity contribution is -0.137. The number of nitrogens with zero attached hydrogens (tertiary/aromatic N) is 1. The average molecular weight is 436 g/mol. The van der Waals surface area contributed by atoms with Crippen LogP contribution in [0.2, 0.25) is 0 Å². The van der Waals surface area contributed by atoms with Gasteiger partial charge < -0.3 is 4.74 Å². The Hall–Kier alpha value is -2.13. The van der Waals surface area contributed by atoms with Gasteiger partial charge in [-0.2, -0.15) is 22.8 Å². The molecule has 3 rings (SSSR count). The molecule has 6 heteroatoms. The van der Waals surface area contributed by atoms with Gasteiger partial charge in [0, 0.05) is 6.61 Å². The van der Waals surface area contributed by atoms with Crippen LogP contribution in [0.1, 0.15) is 68.4 Å². The third-order valence-electron chi connectivity index (χ3n) is 6.58. The van der Waals surface area contributed by atoms with Crippen LogP contribution in [0, 0.1) is 23.2 Å². The SMILES string of the molecule is N#C/C(F)=C/C=C/C1CCC(OCC2CCC(c3ccc(C(F)(F)F)cc3)CC2)CC1. The van der Waals surface area contributed by atoms with Crippen molar-refractivity contribution in [1.29, 1.82) is 5.26 Å². The van der Waals surface area contributed by atoms with E-state index in [0.717, 1.165) is 63.5 Å². The van der Waals surface area contributed by atoms with Crippen molar-refractivity contribution in [3.05, 3.63) is 59.4 Å². The van der Waals surface area contributed by atoms with Gasteiger partial charge in [0.2, 0.25) is 0 Å². The van der Waals surface area contributed by atoms with Gasteiger partial charge in [-0.25, -0.2) is 0 Å². The first kappa shape index (κ1) is 23.5. The lowest BCUT2D eigenvalue weighted by Gasteiger charge is -2.32. The van der Waals surface area contributed by atoms with E-state index in [2.05, 4.69) is 0 Å². The van der Waals surface area contributed by atoms with Gasteiger partial charge in [-0.15, -0.1) is 0 Å². The Morgan fingerprint density at radius 2 is 1.65 bits per heavy atom. The van der Waals surface area contributed by atoms with Crippen molar-refractivity contribution >= 4 is 0 Å². The van der Waals surface area contributed by atoms with E-state index in [1.165, 1.54) is 24.3 Å². The zero-order valence-electron chi connectivity index (χ0n) is 17.6. The maximum absolute atomic E-state index is 12.8. The van der Waals surface area contributed by atoms with Gasteiger partial charge in [-0.1, -0.05) is 24.3 Å². The third-order valence-corrected chi connectivity index (χ3v) is 6.58. The van der Waals surface area contributed by atoms with Crippen LogP contribution in [0.4, 0.5) is 17.6 Å². The standard InChI is InChI=1S/C25H29F4NO/c26-23(16-30)3-1-2-18-6-14-24(15-7-18)31-17-19-4-8-20(9-5-19)21-10-12-22(13-11-21)25(27,28)29/h1-3,10-13,18-20,24H,4-9,14-15,17H2/b2-1+,23-3-. The molecule has 2 aliphatic carbocycles. The zero-order chi connectivity index (χ0) is 22.3. The van der Waals surface area contributed by atoms with Gasteiger partial charge >= 0.3 is 6.18 Å². The molecule has 0 aliphatic heterocycles. The molecule has 0 amide bonds. The minimum absolute atomic E-state index is 0.267. The van der Waals surface area contributed by atoms with E-state index in [0.29, 0.717) is 17.8 Å². The van der Waals surface area contributed by atoms with Gasteiger partial charge in [0.25, 0.3) is 0 Å². The number of alkyl halides is 3. The Bertz CT molecular complexity index is 790. The van der Waals surface area contributed by atoms with Gasteiger partial charge in [0.1, 0.15) is 6.07 Å². The van der Waals surface area contributed by atoms with Gasteiger partial charge in [0.15, 0.2) is 5.83 Å². The lowest BCUT2D eigenvalue weighted by atomic mass is 9.79. The first-order chi connectivity index (χ1) is 14.8. The van der Waals surface area contributed by atoms with Crippen molar-refractivity contribution in [2.24, 2.45) is 11.8 Å². The summed E-state index contributed by atoms with van der Waals surface area (Å²) in [7, 11) is 0. The number of nitriles is 1. The lowest BCUT2D eigenvalue weighted by Crippen LogP contribution is -2.25. The highest BCUT2D eigenvalue weighted by Crippen LogP contribution is 2.38. The highest BCUT2D eigenvalue weighted by Gasteiger charge is 2.31. The summed E-state index contributed by atoms with van der Waals surface area (Å²) < 4.78 is 57.1. The molecule has 1 aromatic carbocycles. The summed E-state index contributed by atoms with van der Waals surface area (Å²) in [6.07, 6.45) is 8.82. The molecule has 2 saturated carbocycles. The first-order valence-electron chi connectivity index (χ1n) is 11.1. The number of benzene rings is 1. The van der Waals surface area contributed by atoms with Gasteiger partial charge in [-0.3, -0.25) is 0 Å². The fourth-order valence-corrected chi connectivity index (χ4v) is 4.66. The van der Waals surface area contributed by atoms with Crippen LogP contribution in [0.25, 0.3) is 0 Å². The number of allylic oxidation sites excluding steroid dienone is 4. The summed E-state index contributed by atoms with van der Waals surface area (Å²) >= 11 is 0. The van der Waals surface area contributed by atoms with E-state index in [1.54, 1.807) is 18.2 Å². The Kier molecular flexibility index (Phi) is 8.31. The molecular formula is C25H29F4NO. The molecule has 0 radical (unpaired) electrons. The van der Waals surface area contributed by atoms with Crippen molar-refractivity contribution in [2.75, 3.05) is 6.61 Å². The summed E-state index contributed by atoms with van der Waals surface area (Å²) in [4.78, 5) is 0. The van der Waals surface area contributed by atoms with E-state index in [-0.39, 0.29) is 6.10 Å². The molecule has 2 aliphatic rings. The maximum atomic E-state index is 12.8. The Balaban J connectivity index is 1.35. The van der Waals surface area contributed by atoms with Crippen molar-refractivity contribution < 1.29 is 22.3 Å². The number of rotatable bonds is 6. The van der Waals surface area contributed by atoms with E-state index >= 15 is 0 Å². The summed E-state index contributed by atoms with van der Waals surface area (Å²) in [6.45, 7) is 0.751. The normalized spacial score (nSPS) is 27.9. The van der Waals surface area contributed by atoms with Crippen LogP contribution in [-0.4, -0.2) is 12.7 Å². The molecule has 0 heterocycles. The third kappa shape index (κ3) is 7.21. The van der Waals surface area contributed by atoms with Gasteiger partial charge in [0.05, 0.1) is 11.7 Å². The zero-order valence-corrected chi connectivity index (χ0v) is 17.6. The monoisotopic (exact) mass is 435 g/mol. The minimum Gasteiger partial charge on any atom is -0.378 e. The molecule has 2 nitrogen and oxygen atoms in total. The molecule has 2 fully saturated rings. The topological polar surface area (TPSA) is 33.0 Å². The summed E-state index contributed by atoms with van der Waals surface area (Å²) in [5.74, 6) is 0.478. The second kappa shape index (κ2) is 10.9. The van der Waals surface area contributed by atoms with Crippen LogP contribution in [0.15, 0.2) is 48.3 Å². The molecule has 0 N–H and O–H groups in total. The highest BCUT2D eigenvalue weighted by atomic mass is 19.4. The van der Waals surface area contributed by atoms with Crippen LogP contribution in [0.5, 0.6) is 0 Å². The second-order valence-electron chi connectivity index (χ2n) is 8.72. The Labute approximate surface area is 181 Å². The average Bonchev–Trinajstić information content (AvgIpc) is 2.78. The molecule has 0 bridgehead atoms. The van der Waals surface area contributed by atoms with E-state index in [9.17, 15) is 17.6 Å². The fraction of sp³-hybridized carbons (Fsp3) is 0.560. The summed E-state index contributed by atoms with van der Waals surface area (Å²) in [5, 5.41) is 8.40. The van der Waals surface area contributed by atoms with E-state index in [1.807, 2.05) is 6.08 Å². The largest absolute Gasteiger partial charge is 0.416 e. The second-order valence-corrected chi connectivity index (χ2v) is 8.72. The molecular weight excluding hydrogens is 406 g/mol. The molecule has 168 valence electrons. The predicted molar refractivity (Wildman–Crippen MR) is 112 cm³/mol. The van der Waals surface area contributed by atoms with Crippen molar-refractivity contribution in [1.82, 2.24) is 0 Å². The molecule has 0 saturated heterocycles. The fourth-order valence-electron chi connectivity index (χ4n) is 4.66. The molecule has 1 aromatic rings. The van der Waals surface area contributed by atoms with Crippen molar-refractivity contribution in [3.8, 4) is 6.07 Å². The minimum atomic E-state index is -4.28. The van der Waals surface area contributed by atoms with E-state index < -0.39 is 17.6 Å². The maximum Gasteiger partial charge on any atom is 0.416 e. The highest BCUT2D eigenvalue weighted by molar-refractivity contribution is 5.27. The van der Waals surface area contributed by atoms with Crippen LogP contribution < -0.4 is 0 Å². The Morgan fingerprint density at radius 1 is 1.00 bits per heavy atom. The van der Waals surface area contributed by atoms with Gasteiger partial charge in [-0.05, 0) is 92.9 Å². The predicted octanol–water partition coefficient (Wildman–Crippen LogP) is 7.49. The number of halogens is 4. The number of hydrogen-bond donors (Lipinski definition) is 0. The smallest absolute Gasteiger partial charge is 0.378 e. The molecule has 31 heavy (non-hydrogen) atoms. The molecule has 0 unspecified atom stereocenters. The van der Waals surface area contributed by atoms with Crippen molar-refractivity contribution in [2.45, 2.75) is 69.6 Å². The first-order valence-corrected chi connectivity index (χ1v) is 11.1. The van der Waals surface area contributed by atoms with Crippen LogP contribution in [0.3, 0.4) is 0 Å². The van der Waals surface area contributed by atoms with Crippen molar-refractivity contribution in [3.63, 3.8) is 0 Å². The summed E-state index contributed by atoms with van der Waals surface area (Å²) in [5.41, 5.74) is 0.414. The number of ether oxygens (including phenoxy) is 1. The summed E-state index contributed by atoms with van der Waals surface area (Å²) in [6, 6.07) is 7.09.